The van der Waals surface area contributed by atoms with Crippen molar-refractivity contribution in [2.75, 3.05) is 0 Å². The molecule has 0 aliphatic carbocycles. The van der Waals surface area contributed by atoms with Crippen LogP contribution in [0.3, 0.4) is 0 Å². The summed E-state index contributed by atoms with van der Waals surface area (Å²) in [6, 6.07) is 11.2. The maximum Gasteiger partial charge on any atom is 0.457 e. The number of aliphatic hydroxyl groups is 1. The summed E-state index contributed by atoms with van der Waals surface area (Å²) in [6.45, 7) is -0.706. The number of para-hydroxylation sites is 1. The molecular weight excluding hydrogens is 413 g/mol. The smallest absolute Gasteiger partial charge is 0.370 e. The van der Waals surface area contributed by atoms with Gasteiger partial charge < -0.3 is 15.4 Å². The van der Waals surface area contributed by atoms with Gasteiger partial charge >= 0.3 is 12.1 Å². The highest BCUT2D eigenvalue weighted by molar-refractivity contribution is 5.87. The van der Waals surface area contributed by atoms with Gasteiger partial charge in [-0.3, -0.25) is 9.59 Å². The van der Waals surface area contributed by atoms with Gasteiger partial charge in [0.2, 0.25) is 5.60 Å². The summed E-state index contributed by atoms with van der Waals surface area (Å²) in [6.07, 6.45) is -6.22. The van der Waals surface area contributed by atoms with Crippen molar-refractivity contribution in [3.8, 4) is 0 Å². The largest absolute Gasteiger partial charge is 0.457 e. The van der Waals surface area contributed by atoms with Crippen molar-refractivity contribution in [3.63, 3.8) is 0 Å². The van der Waals surface area contributed by atoms with Crippen LogP contribution in [0.25, 0.3) is 10.9 Å². The molecule has 1 unspecified atom stereocenters. The monoisotopic (exact) mass is 427 g/mol. The molecule has 1 aromatic heterocycles. The average Bonchev–Trinajstić information content (AvgIpc) is 2.71. The number of carbonyl (C=O) groups excluding carboxylic acids is 1. The van der Waals surface area contributed by atoms with Gasteiger partial charge in [-0.2, -0.15) is 22.0 Å². The Morgan fingerprint density at radius 2 is 1.60 bits per heavy atom. The quantitative estimate of drug-likeness (QED) is 0.546. The Bertz CT molecular complexity index is 1130. The number of hydrogen-bond acceptors (Lipinski definition) is 4. The molecule has 1 heterocycles. The Morgan fingerprint density at radius 1 is 1.00 bits per heavy atom. The summed E-state index contributed by atoms with van der Waals surface area (Å²) in [5.74, 6) is -8.01. The molecule has 1 atom stereocenters. The van der Waals surface area contributed by atoms with Gasteiger partial charge in [-0.05, 0) is 17.7 Å². The van der Waals surface area contributed by atoms with Crippen LogP contribution in [0.15, 0.2) is 59.4 Å². The van der Waals surface area contributed by atoms with Crippen LogP contribution in [-0.4, -0.2) is 33.1 Å². The number of fused-ring (bicyclic) bond motifs is 1. The maximum absolute atomic E-state index is 14.2. The predicted octanol–water partition coefficient (Wildman–Crippen LogP) is 2.62. The molecule has 3 rings (SSSR count). The van der Waals surface area contributed by atoms with Crippen LogP contribution in [0.2, 0.25) is 0 Å². The van der Waals surface area contributed by atoms with Crippen molar-refractivity contribution in [1.82, 2.24) is 15.3 Å². The van der Waals surface area contributed by atoms with Gasteiger partial charge in [-0.25, -0.2) is 4.98 Å². The fraction of sp³-hybridized carbons (Fsp3) is 0.211. The van der Waals surface area contributed by atoms with Crippen LogP contribution in [0, 0.1) is 0 Å². The molecule has 3 aromatic rings. The first-order valence-corrected chi connectivity index (χ1v) is 8.47. The molecular formula is C19H14F5N3O3. The Balaban J connectivity index is 1.96. The average molecular weight is 427 g/mol. The van der Waals surface area contributed by atoms with Crippen molar-refractivity contribution < 1.29 is 31.9 Å². The second kappa shape index (κ2) is 7.48. The fourth-order valence-electron chi connectivity index (χ4n) is 2.85. The molecule has 0 spiro atoms. The standard InChI is InChI=1S/C19H14F5N3O3/c20-18(21,19(22,23)24)17(30,11-6-2-1-3-7-11)16(29)25-10-14-26-13-9-5-4-8-12(13)15(28)27-14/h1-9,30H,10H2,(H,25,29)(H,26,27,28). The Labute approximate surface area is 165 Å². The van der Waals surface area contributed by atoms with Crippen LogP contribution < -0.4 is 10.9 Å². The predicted molar refractivity (Wildman–Crippen MR) is 95.6 cm³/mol. The second-order valence-corrected chi connectivity index (χ2v) is 6.36. The minimum atomic E-state index is -6.22. The molecule has 1 amide bonds. The lowest BCUT2D eigenvalue weighted by atomic mass is 9.85. The number of carbonyl (C=O) groups is 1. The lowest BCUT2D eigenvalue weighted by Gasteiger charge is -2.35. The molecule has 0 bridgehead atoms. The van der Waals surface area contributed by atoms with Crippen molar-refractivity contribution >= 4 is 16.8 Å². The number of amides is 1. The van der Waals surface area contributed by atoms with E-state index in [9.17, 15) is 36.6 Å². The van der Waals surface area contributed by atoms with Crippen LogP contribution in [0.5, 0.6) is 0 Å². The van der Waals surface area contributed by atoms with Gasteiger partial charge in [0.25, 0.3) is 11.5 Å². The first-order valence-electron chi connectivity index (χ1n) is 8.47. The number of benzene rings is 2. The molecule has 0 saturated carbocycles. The lowest BCUT2D eigenvalue weighted by molar-refractivity contribution is -0.337. The molecule has 158 valence electrons. The van der Waals surface area contributed by atoms with E-state index in [1.165, 1.54) is 18.2 Å². The number of aromatic nitrogens is 2. The number of aromatic amines is 1. The molecule has 30 heavy (non-hydrogen) atoms. The minimum absolute atomic E-state index is 0.196. The SMILES string of the molecule is O=C(NCc1nc2ccccc2c(=O)[nH]1)C(O)(c1ccccc1)C(F)(F)C(F)(F)F. The highest BCUT2D eigenvalue weighted by atomic mass is 19.4. The molecule has 0 fully saturated rings. The summed E-state index contributed by atoms with van der Waals surface area (Å²) in [4.78, 5) is 30.8. The van der Waals surface area contributed by atoms with Crippen molar-refractivity contribution in [2.45, 2.75) is 24.2 Å². The Kier molecular flexibility index (Phi) is 5.33. The Hall–Kier alpha value is -3.34. The first kappa shape index (κ1) is 21.4. The summed E-state index contributed by atoms with van der Waals surface area (Å²) < 4.78 is 67.5. The summed E-state index contributed by atoms with van der Waals surface area (Å²) in [7, 11) is 0. The van der Waals surface area contributed by atoms with Crippen LogP contribution in [-0.2, 0) is 16.9 Å². The zero-order valence-corrected chi connectivity index (χ0v) is 15.0. The molecule has 6 nitrogen and oxygen atoms in total. The van der Waals surface area contributed by atoms with E-state index in [4.69, 9.17) is 0 Å². The zero-order valence-electron chi connectivity index (χ0n) is 15.0. The highest BCUT2D eigenvalue weighted by Gasteiger charge is 2.73. The normalized spacial score (nSPS) is 14.3. The fourth-order valence-corrected chi connectivity index (χ4v) is 2.85. The number of alkyl halides is 5. The third-order valence-electron chi connectivity index (χ3n) is 4.41. The molecule has 3 N–H and O–H groups in total. The van der Waals surface area contributed by atoms with E-state index in [-0.39, 0.29) is 16.7 Å². The number of halogens is 5. The topological polar surface area (TPSA) is 95.1 Å². The van der Waals surface area contributed by atoms with E-state index in [2.05, 4.69) is 9.97 Å². The minimum Gasteiger partial charge on any atom is -0.370 e. The first-order chi connectivity index (χ1) is 14.0. The van der Waals surface area contributed by atoms with Gasteiger partial charge in [-0.1, -0.05) is 42.5 Å². The molecule has 0 aliphatic heterocycles. The zero-order chi connectivity index (χ0) is 22.2. The van der Waals surface area contributed by atoms with Crippen LogP contribution >= 0.6 is 0 Å². The van der Waals surface area contributed by atoms with Crippen molar-refractivity contribution in [2.24, 2.45) is 0 Å². The second-order valence-electron chi connectivity index (χ2n) is 6.36. The molecule has 0 radical (unpaired) electrons. The summed E-state index contributed by atoms with van der Waals surface area (Å²) >= 11 is 0. The summed E-state index contributed by atoms with van der Waals surface area (Å²) in [5, 5.41) is 12.4. The van der Waals surface area contributed by atoms with Gasteiger partial charge in [0, 0.05) is 0 Å². The van der Waals surface area contributed by atoms with E-state index in [1.54, 1.807) is 17.4 Å². The summed E-state index contributed by atoms with van der Waals surface area (Å²) in [5.41, 5.74) is -5.57. The lowest BCUT2D eigenvalue weighted by Crippen LogP contribution is -2.62. The van der Waals surface area contributed by atoms with E-state index in [1.807, 2.05) is 0 Å². The number of nitrogens with zero attached hydrogens (tertiary/aromatic N) is 1. The third-order valence-corrected chi connectivity index (χ3v) is 4.41. The van der Waals surface area contributed by atoms with Crippen molar-refractivity contribution in [1.29, 1.82) is 0 Å². The van der Waals surface area contributed by atoms with E-state index < -0.39 is 41.3 Å². The molecule has 0 aliphatic rings. The Morgan fingerprint density at radius 3 is 2.23 bits per heavy atom. The van der Waals surface area contributed by atoms with Crippen LogP contribution in [0.1, 0.15) is 11.4 Å². The van der Waals surface area contributed by atoms with E-state index in [0.29, 0.717) is 0 Å². The van der Waals surface area contributed by atoms with Crippen LogP contribution in [0.4, 0.5) is 22.0 Å². The van der Waals surface area contributed by atoms with Gasteiger partial charge in [0.1, 0.15) is 5.82 Å². The molecule has 0 saturated heterocycles. The van der Waals surface area contributed by atoms with E-state index >= 15 is 0 Å². The molecule has 2 aromatic carbocycles. The van der Waals surface area contributed by atoms with E-state index in [0.717, 1.165) is 24.3 Å². The maximum atomic E-state index is 14.2. The third kappa shape index (κ3) is 3.52. The number of H-pyrrole nitrogens is 1. The number of rotatable bonds is 5. The molecule has 11 heteroatoms. The van der Waals surface area contributed by atoms with Crippen molar-refractivity contribution in [3.05, 3.63) is 76.3 Å². The number of nitrogens with one attached hydrogen (secondary N) is 2. The van der Waals surface area contributed by atoms with Gasteiger partial charge in [0.15, 0.2) is 0 Å². The number of hydrogen-bond donors (Lipinski definition) is 3. The van der Waals surface area contributed by atoms with Gasteiger partial charge in [-0.15, -0.1) is 0 Å². The van der Waals surface area contributed by atoms with Gasteiger partial charge in [0.05, 0.1) is 17.4 Å². The highest BCUT2D eigenvalue weighted by Crippen LogP contribution is 2.48.